The van der Waals surface area contributed by atoms with Gasteiger partial charge in [0.25, 0.3) is 0 Å². The molecule has 0 aromatic heterocycles. The van der Waals surface area contributed by atoms with E-state index < -0.39 is 0 Å². The van der Waals surface area contributed by atoms with E-state index in [0.29, 0.717) is 5.41 Å². The summed E-state index contributed by atoms with van der Waals surface area (Å²) in [7, 11) is 0. The van der Waals surface area contributed by atoms with Crippen molar-refractivity contribution in [2.45, 2.75) is 72.1 Å². The number of guanidine groups is 1. The van der Waals surface area contributed by atoms with Crippen LogP contribution in [0.1, 0.15) is 72.1 Å². The zero-order valence-corrected chi connectivity index (χ0v) is 16.4. The molecule has 0 aromatic carbocycles. The topological polar surface area (TPSA) is 30.9 Å². The molecule has 140 valence electrons. The third kappa shape index (κ3) is 5.65. The highest BCUT2D eigenvalue weighted by molar-refractivity contribution is 5.80. The Morgan fingerprint density at radius 1 is 1.04 bits per heavy atom. The molecule has 24 heavy (non-hydrogen) atoms. The Hall–Kier alpha value is -0.770. The van der Waals surface area contributed by atoms with E-state index >= 15 is 0 Å². The van der Waals surface area contributed by atoms with Crippen LogP contribution in [-0.4, -0.2) is 61.6 Å². The van der Waals surface area contributed by atoms with Crippen LogP contribution in [0.5, 0.6) is 0 Å². The van der Waals surface area contributed by atoms with Crippen LogP contribution in [-0.2, 0) is 0 Å². The average Bonchev–Trinajstić information content (AvgIpc) is 3.01. The van der Waals surface area contributed by atoms with Crippen LogP contribution in [0.15, 0.2) is 4.99 Å². The number of nitrogens with zero attached hydrogens (tertiary/aromatic N) is 3. The maximum Gasteiger partial charge on any atom is 0.193 e. The van der Waals surface area contributed by atoms with Crippen molar-refractivity contribution in [2.75, 3.05) is 45.8 Å². The second-order valence-corrected chi connectivity index (χ2v) is 7.70. The van der Waals surface area contributed by atoms with Gasteiger partial charge in [-0.15, -0.1) is 0 Å². The lowest BCUT2D eigenvalue weighted by Gasteiger charge is -2.33. The van der Waals surface area contributed by atoms with Crippen LogP contribution in [0.4, 0.5) is 0 Å². The molecule has 1 aliphatic heterocycles. The Kier molecular flexibility index (Phi) is 8.37. The first-order chi connectivity index (χ1) is 11.7. The monoisotopic (exact) mass is 336 g/mol. The van der Waals surface area contributed by atoms with Crippen LogP contribution < -0.4 is 5.32 Å². The predicted molar refractivity (Wildman–Crippen MR) is 105 cm³/mol. The fraction of sp³-hybridized carbons (Fsp3) is 0.950. The van der Waals surface area contributed by atoms with Crippen LogP contribution in [0.3, 0.4) is 0 Å². The molecule has 1 N–H and O–H groups in total. The van der Waals surface area contributed by atoms with E-state index in [1.54, 1.807) is 0 Å². The standard InChI is InChI=1S/C20H40N4/c1-4-21-19(22-15-10-11-16-23(5-2)6-3)24-17-14-20(18-24)12-8-7-9-13-20/h4-18H2,1-3H3,(H,21,22). The molecule has 2 fully saturated rings. The highest BCUT2D eigenvalue weighted by Crippen LogP contribution is 2.43. The van der Waals surface area contributed by atoms with E-state index in [-0.39, 0.29) is 0 Å². The molecular weight excluding hydrogens is 296 g/mol. The second kappa shape index (κ2) is 10.3. The van der Waals surface area contributed by atoms with E-state index in [1.165, 1.54) is 77.0 Å². The third-order valence-electron chi connectivity index (χ3n) is 6.03. The summed E-state index contributed by atoms with van der Waals surface area (Å²) >= 11 is 0. The van der Waals surface area contributed by atoms with Crippen LogP contribution in [0.25, 0.3) is 0 Å². The molecule has 0 amide bonds. The minimum atomic E-state index is 0.608. The Bertz CT molecular complexity index is 370. The van der Waals surface area contributed by atoms with Gasteiger partial charge < -0.3 is 15.1 Å². The van der Waals surface area contributed by atoms with Gasteiger partial charge in [0.1, 0.15) is 0 Å². The Labute approximate surface area is 150 Å². The zero-order chi connectivity index (χ0) is 17.3. The maximum atomic E-state index is 4.93. The molecule has 0 atom stereocenters. The van der Waals surface area contributed by atoms with Gasteiger partial charge in [-0.3, -0.25) is 4.99 Å². The van der Waals surface area contributed by atoms with Crippen molar-refractivity contribution < 1.29 is 0 Å². The summed E-state index contributed by atoms with van der Waals surface area (Å²) in [5, 5.41) is 3.53. The Morgan fingerprint density at radius 3 is 2.46 bits per heavy atom. The van der Waals surface area contributed by atoms with Gasteiger partial charge in [-0.05, 0) is 64.1 Å². The molecule has 1 aliphatic carbocycles. The average molecular weight is 337 g/mol. The van der Waals surface area contributed by atoms with Gasteiger partial charge in [-0.25, -0.2) is 0 Å². The summed E-state index contributed by atoms with van der Waals surface area (Å²) in [6, 6.07) is 0. The largest absolute Gasteiger partial charge is 0.357 e. The van der Waals surface area contributed by atoms with E-state index in [9.17, 15) is 0 Å². The number of likely N-dealkylation sites (tertiary alicyclic amines) is 1. The molecule has 0 unspecified atom stereocenters. The molecular formula is C20H40N4. The molecule has 1 heterocycles. The number of hydrogen-bond acceptors (Lipinski definition) is 2. The van der Waals surface area contributed by atoms with Crippen molar-refractivity contribution in [1.82, 2.24) is 15.1 Å². The normalized spacial score (nSPS) is 21.0. The van der Waals surface area contributed by atoms with Crippen LogP contribution >= 0.6 is 0 Å². The summed E-state index contributed by atoms with van der Waals surface area (Å²) in [6.45, 7) is 14.6. The lowest BCUT2D eigenvalue weighted by Crippen LogP contribution is -2.41. The van der Waals surface area contributed by atoms with E-state index in [1.807, 2.05) is 0 Å². The Balaban J connectivity index is 1.78. The highest BCUT2D eigenvalue weighted by Gasteiger charge is 2.39. The number of aliphatic imine (C=N–C) groups is 1. The van der Waals surface area contributed by atoms with Crippen molar-refractivity contribution in [3.8, 4) is 0 Å². The van der Waals surface area contributed by atoms with Gasteiger partial charge in [0.05, 0.1) is 0 Å². The molecule has 2 rings (SSSR count). The quantitative estimate of drug-likeness (QED) is 0.416. The maximum absolute atomic E-state index is 4.93. The van der Waals surface area contributed by atoms with Gasteiger partial charge in [0, 0.05) is 26.2 Å². The van der Waals surface area contributed by atoms with Crippen molar-refractivity contribution in [3.05, 3.63) is 0 Å². The van der Waals surface area contributed by atoms with Gasteiger partial charge in [0.15, 0.2) is 5.96 Å². The minimum Gasteiger partial charge on any atom is -0.357 e. The third-order valence-corrected chi connectivity index (χ3v) is 6.03. The molecule has 4 heteroatoms. The van der Waals surface area contributed by atoms with Crippen molar-refractivity contribution >= 4 is 5.96 Å². The fourth-order valence-electron chi connectivity index (χ4n) is 4.42. The van der Waals surface area contributed by atoms with Crippen LogP contribution in [0.2, 0.25) is 0 Å². The van der Waals surface area contributed by atoms with E-state index in [4.69, 9.17) is 4.99 Å². The zero-order valence-electron chi connectivity index (χ0n) is 16.4. The lowest BCUT2D eigenvalue weighted by molar-refractivity contribution is 0.203. The smallest absolute Gasteiger partial charge is 0.193 e. The van der Waals surface area contributed by atoms with E-state index in [2.05, 4.69) is 35.9 Å². The first-order valence-electron chi connectivity index (χ1n) is 10.5. The summed E-state index contributed by atoms with van der Waals surface area (Å²) in [4.78, 5) is 9.98. The van der Waals surface area contributed by atoms with Crippen molar-refractivity contribution in [2.24, 2.45) is 10.4 Å². The molecule has 4 nitrogen and oxygen atoms in total. The number of nitrogens with one attached hydrogen (secondary N) is 1. The molecule has 2 aliphatic rings. The summed E-state index contributed by atoms with van der Waals surface area (Å²) in [5.74, 6) is 1.17. The predicted octanol–water partition coefficient (Wildman–Crippen LogP) is 3.73. The number of rotatable bonds is 8. The van der Waals surface area contributed by atoms with Crippen molar-refractivity contribution in [3.63, 3.8) is 0 Å². The summed E-state index contributed by atoms with van der Waals surface area (Å²) in [6.07, 6.45) is 11.0. The number of hydrogen-bond donors (Lipinski definition) is 1. The molecule has 1 spiro atoms. The SMILES string of the molecule is CCNC(=NCCCCN(CC)CC)N1CCC2(CCCCC2)C1. The second-order valence-electron chi connectivity index (χ2n) is 7.70. The fourth-order valence-corrected chi connectivity index (χ4v) is 4.42. The van der Waals surface area contributed by atoms with Gasteiger partial charge in [-0.1, -0.05) is 33.1 Å². The summed E-state index contributed by atoms with van der Waals surface area (Å²) < 4.78 is 0. The molecule has 0 aromatic rings. The van der Waals surface area contributed by atoms with Crippen LogP contribution in [0, 0.1) is 5.41 Å². The van der Waals surface area contributed by atoms with Gasteiger partial charge >= 0.3 is 0 Å². The molecule has 1 saturated heterocycles. The van der Waals surface area contributed by atoms with Gasteiger partial charge in [0.2, 0.25) is 0 Å². The van der Waals surface area contributed by atoms with Crippen molar-refractivity contribution in [1.29, 1.82) is 0 Å². The first-order valence-corrected chi connectivity index (χ1v) is 10.5. The first kappa shape index (κ1) is 19.6. The minimum absolute atomic E-state index is 0.608. The number of unbranched alkanes of at least 4 members (excludes halogenated alkanes) is 1. The summed E-state index contributed by atoms with van der Waals surface area (Å²) in [5.41, 5.74) is 0.608. The molecule has 0 bridgehead atoms. The lowest BCUT2D eigenvalue weighted by atomic mass is 9.73. The Morgan fingerprint density at radius 2 is 1.79 bits per heavy atom. The van der Waals surface area contributed by atoms with Gasteiger partial charge in [-0.2, -0.15) is 0 Å². The molecule has 0 radical (unpaired) electrons. The molecule has 1 saturated carbocycles. The van der Waals surface area contributed by atoms with E-state index in [0.717, 1.165) is 26.2 Å². The highest BCUT2D eigenvalue weighted by atomic mass is 15.3.